The molecular formula is C16H27N3O2S. The molecular weight excluding hydrogens is 298 g/mol. The summed E-state index contributed by atoms with van der Waals surface area (Å²) in [5, 5.41) is 9.29. The van der Waals surface area contributed by atoms with Crippen LogP contribution < -0.4 is 10.6 Å². The number of aromatic nitrogens is 1. The van der Waals surface area contributed by atoms with Crippen molar-refractivity contribution in [2.75, 3.05) is 33.4 Å². The number of carbonyl (C=O) groups is 1. The van der Waals surface area contributed by atoms with E-state index in [0.29, 0.717) is 32.2 Å². The van der Waals surface area contributed by atoms with Crippen LogP contribution in [0.2, 0.25) is 0 Å². The highest BCUT2D eigenvalue weighted by Crippen LogP contribution is 2.32. The van der Waals surface area contributed by atoms with E-state index in [0.717, 1.165) is 11.4 Å². The number of hydrogen-bond donors (Lipinski definition) is 2. The molecule has 2 N–H and O–H groups in total. The van der Waals surface area contributed by atoms with Crippen molar-refractivity contribution in [3.63, 3.8) is 0 Å². The highest BCUT2D eigenvalue weighted by Gasteiger charge is 2.18. The van der Waals surface area contributed by atoms with Crippen molar-refractivity contribution in [3.8, 4) is 0 Å². The van der Waals surface area contributed by atoms with Gasteiger partial charge in [0, 0.05) is 37.9 Å². The van der Waals surface area contributed by atoms with Crippen LogP contribution in [0.15, 0.2) is 5.38 Å². The Morgan fingerprint density at radius 1 is 1.36 bits per heavy atom. The predicted octanol–water partition coefficient (Wildman–Crippen LogP) is 2.09. The van der Waals surface area contributed by atoms with E-state index < -0.39 is 0 Å². The van der Waals surface area contributed by atoms with E-state index in [-0.39, 0.29) is 5.91 Å². The van der Waals surface area contributed by atoms with Gasteiger partial charge in [-0.3, -0.25) is 4.79 Å². The Labute approximate surface area is 136 Å². The molecule has 22 heavy (non-hydrogen) atoms. The summed E-state index contributed by atoms with van der Waals surface area (Å²) in [4.78, 5) is 16.4. The number of ether oxygens (including phenoxy) is 1. The summed E-state index contributed by atoms with van der Waals surface area (Å²) in [6, 6.07) is 0. The molecule has 0 unspecified atom stereocenters. The number of carbonyl (C=O) groups excluding carboxylic acids is 1. The Kier molecular flexibility index (Phi) is 7.83. The van der Waals surface area contributed by atoms with E-state index in [4.69, 9.17) is 9.72 Å². The fourth-order valence-corrected chi connectivity index (χ4v) is 3.65. The second-order valence-electron chi connectivity index (χ2n) is 5.77. The molecule has 2 rings (SSSR count). The number of rotatable bonds is 9. The van der Waals surface area contributed by atoms with Gasteiger partial charge in [0.05, 0.1) is 23.9 Å². The van der Waals surface area contributed by atoms with Crippen LogP contribution in [-0.2, 0) is 16.0 Å². The summed E-state index contributed by atoms with van der Waals surface area (Å²) >= 11 is 1.72. The largest absolute Gasteiger partial charge is 0.383 e. The van der Waals surface area contributed by atoms with Gasteiger partial charge in [0.15, 0.2) is 0 Å². The zero-order valence-corrected chi connectivity index (χ0v) is 14.2. The van der Waals surface area contributed by atoms with Gasteiger partial charge >= 0.3 is 0 Å². The average molecular weight is 325 g/mol. The van der Waals surface area contributed by atoms with Crippen LogP contribution in [0.4, 0.5) is 0 Å². The minimum absolute atomic E-state index is 0.0279. The van der Waals surface area contributed by atoms with Gasteiger partial charge in [0.2, 0.25) is 5.91 Å². The lowest BCUT2D eigenvalue weighted by molar-refractivity contribution is -0.120. The van der Waals surface area contributed by atoms with Crippen LogP contribution in [0.3, 0.4) is 0 Å². The van der Waals surface area contributed by atoms with Gasteiger partial charge in [-0.15, -0.1) is 11.3 Å². The Hall–Kier alpha value is -0.980. The number of amides is 1. The molecule has 0 spiro atoms. The van der Waals surface area contributed by atoms with Crippen LogP contribution in [0.25, 0.3) is 0 Å². The molecule has 0 saturated heterocycles. The average Bonchev–Trinajstić information content (AvgIpc) is 3.01. The molecule has 1 saturated carbocycles. The van der Waals surface area contributed by atoms with Gasteiger partial charge in [-0.1, -0.05) is 19.3 Å². The molecule has 1 aliphatic carbocycles. The summed E-state index contributed by atoms with van der Waals surface area (Å²) in [6.07, 6.45) is 7.44. The molecule has 1 fully saturated rings. The highest BCUT2D eigenvalue weighted by atomic mass is 32.1. The number of hydrogen-bond acceptors (Lipinski definition) is 5. The molecule has 5 nitrogen and oxygen atoms in total. The van der Waals surface area contributed by atoms with Crippen LogP contribution >= 0.6 is 11.3 Å². The molecule has 0 radical (unpaired) electrons. The minimum Gasteiger partial charge on any atom is -0.383 e. The van der Waals surface area contributed by atoms with Crippen LogP contribution in [0, 0.1) is 0 Å². The van der Waals surface area contributed by atoms with Gasteiger partial charge in [0.1, 0.15) is 0 Å². The Bertz CT molecular complexity index is 444. The molecule has 0 bridgehead atoms. The maximum absolute atomic E-state index is 11.6. The lowest BCUT2D eigenvalue weighted by atomic mass is 9.87. The molecule has 0 aromatic carbocycles. The van der Waals surface area contributed by atoms with Crippen molar-refractivity contribution >= 4 is 17.2 Å². The quantitative estimate of drug-likeness (QED) is 0.683. The molecule has 1 amide bonds. The summed E-state index contributed by atoms with van der Waals surface area (Å²) < 4.78 is 4.91. The second kappa shape index (κ2) is 9.92. The van der Waals surface area contributed by atoms with Crippen molar-refractivity contribution in [1.29, 1.82) is 0 Å². The molecule has 1 aromatic heterocycles. The van der Waals surface area contributed by atoms with E-state index >= 15 is 0 Å². The van der Waals surface area contributed by atoms with Crippen LogP contribution in [0.1, 0.15) is 48.7 Å². The molecule has 1 aromatic rings. The third-order valence-electron chi connectivity index (χ3n) is 4.02. The zero-order chi connectivity index (χ0) is 15.6. The smallest absolute Gasteiger partial charge is 0.233 e. The molecule has 1 heterocycles. The summed E-state index contributed by atoms with van der Waals surface area (Å²) in [6.45, 7) is 2.31. The van der Waals surface area contributed by atoms with E-state index in [1.54, 1.807) is 18.4 Å². The van der Waals surface area contributed by atoms with Gasteiger partial charge in [-0.25, -0.2) is 4.98 Å². The molecule has 0 aliphatic heterocycles. The normalized spacial score (nSPS) is 15.9. The third kappa shape index (κ3) is 6.02. The van der Waals surface area contributed by atoms with Crippen molar-refractivity contribution in [1.82, 2.24) is 15.6 Å². The van der Waals surface area contributed by atoms with Crippen LogP contribution in [0.5, 0.6) is 0 Å². The fourth-order valence-electron chi connectivity index (χ4n) is 2.77. The first kappa shape index (κ1) is 17.4. The lowest BCUT2D eigenvalue weighted by Crippen LogP contribution is -2.36. The Balaban J connectivity index is 1.62. The standard InChI is InChI=1S/C16H27N3O2S/c1-21-10-9-17-11-15(20)18-8-7-16-19-14(12-22-16)13-5-3-2-4-6-13/h12-13,17H,2-11H2,1H3,(H,18,20). The Morgan fingerprint density at radius 2 is 2.18 bits per heavy atom. The summed E-state index contributed by atoms with van der Waals surface area (Å²) in [5.74, 6) is 0.693. The van der Waals surface area contributed by atoms with Gasteiger partial charge in [0.25, 0.3) is 0 Å². The van der Waals surface area contributed by atoms with Gasteiger partial charge in [-0.2, -0.15) is 0 Å². The Morgan fingerprint density at radius 3 is 2.95 bits per heavy atom. The number of nitrogens with zero attached hydrogens (tertiary/aromatic N) is 1. The van der Waals surface area contributed by atoms with Crippen LogP contribution in [-0.4, -0.2) is 44.2 Å². The monoisotopic (exact) mass is 325 g/mol. The van der Waals surface area contributed by atoms with E-state index in [1.165, 1.54) is 37.8 Å². The van der Waals surface area contributed by atoms with Crippen molar-refractivity contribution in [2.24, 2.45) is 0 Å². The number of methoxy groups -OCH3 is 1. The summed E-state index contributed by atoms with van der Waals surface area (Å²) in [7, 11) is 1.65. The van der Waals surface area contributed by atoms with Gasteiger partial charge < -0.3 is 15.4 Å². The lowest BCUT2D eigenvalue weighted by Gasteiger charge is -2.19. The van der Waals surface area contributed by atoms with Crippen molar-refractivity contribution in [2.45, 2.75) is 44.4 Å². The maximum atomic E-state index is 11.6. The van der Waals surface area contributed by atoms with Crippen molar-refractivity contribution < 1.29 is 9.53 Å². The van der Waals surface area contributed by atoms with Crippen molar-refractivity contribution in [3.05, 3.63) is 16.1 Å². The summed E-state index contributed by atoms with van der Waals surface area (Å²) in [5.41, 5.74) is 1.27. The first-order valence-electron chi connectivity index (χ1n) is 8.20. The van der Waals surface area contributed by atoms with Gasteiger partial charge in [-0.05, 0) is 12.8 Å². The first-order chi connectivity index (χ1) is 10.8. The zero-order valence-electron chi connectivity index (χ0n) is 13.4. The number of thiazole rings is 1. The fraction of sp³-hybridized carbons (Fsp3) is 0.750. The minimum atomic E-state index is 0.0279. The van der Waals surface area contributed by atoms with E-state index in [1.807, 2.05) is 0 Å². The number of nitrogens with one attached hydrogen (secondary N) is 2. The topological polar surface area (TPSA) is 63.2 Å². The molecule has 124 valence electrons. The third-order valence-corrected chi connectivity index (χ3v) is 4.95. The highest BCUT2D eigenvalue weighted by molar-refractivity contribution is 7.09. The maximum Gasteiger partial charge on any atom is 0.233 e. The predicted molar refractivity (Wildman–Crippen MR) is 89.4 cm³/mol. The van der Waals surface area contributed by atoms with E-state index in [9.17, 15) is 4.79 Å². The molecule has 6 heteroatoms. The SMILES string of the molecule is COCCNCC(=O)NCCc1nc(C2CCCCC2)cs1. The van der Waals surface area contributed by atoms with E-state index in [2.05, 4.69) is 16.0 Å². The second-order valence-corrected chi connectivity index (χ2v) is 6.71. The first-order valence-corrected chi connectivity index (χ1v) is 9.08. The molecule has 1 aliphatic rings. The molecule has 0 atom stereocenters.